The standard InChI is InChI=1S/C13H20N6/c1-8-9(2)15-10(3)16-13(8)14-7-6-12-18-17-11(4)19(12)5/h6-7H2,1-5H3,(H,14,15,16). The van der Waals surface area contributed by atoms with Crippen LogP contribution in [-0.2, 0) is 13.5 Å². The van der Waals surface area contributed by atoms with Crippen LogP contribution in [0.2, 0.25) is 0 Å². The number of aromatic nitrogens is 5. The highest BCUT2D eigenvalue weighted by atomic mass is 15.3. The molecule has 0 aliphatic carbocycles. The molecular weight excluding hydrogens is 240 g/mol. The molecule has 102 valence electrons. The van der Waals surface area contributed by atoms with Crippen LogP contribution in [0, 0.1) is 27.7 Å². The summed E-state index contributed by atoms with van der Waals surface area (Å²) in [4.78, 5) is 8.77. The summed E-state index contributed by atoms with van der Waals surface area (Å²) in [6.45, 7) is 8.67. The number of hydrogen-bond acceptors (Lipinski definition) is 5. The van der Waals surface area contributed by atoms with Crippen LogP contribution in [0.15, 0.2) is 0 Å². The smallest absolute Gasteiger partial charge is 0.134 e. The van der Waals surface area contributed by atoms with Gasteiger partial charge in [-0.25, -0.2) is 9.97 Å². The summed E-state index contributed by atoms with van der Waals surface area (Å²) in [6.07, 6.45) is 0.818. The zero-order valence-corrected chi connectivity index (χ0v) is 12.2. The molecular formula is C13H20N6. The van der Waals surface area contributed by atoms with Gasteiger partial charge in [0.2, 0.25) is 0 Å². The summed E-state index contributed by atoms with van der Waals surface area (Å²) in [6, 6.07) is 0. The van der Waals surface area contributed by atoms with Crippen molar-refractivity contribution in [3.63, 3.8) is 0 Å². The van der Waals surface area contributed by atoms with Gasteiger partial charge < -0.3 is 9.88 Å². The number of nitrogens with one attached hydrogen (secondary N) is 1. The lowest BCUT2D eigenvalue weighted by molar-refractivity contribution is 0.769. The summed E-state index contributed by atoms with van der Waals surface area (Å²) in [5.74, 6) is 3.61. The van der Waals surface area contributed by atoms with Crippen LogP contribution < -0.4 is 5.32 Å². The van der Waals surface area contributed by atoms with E-state index in [9.17, 15) is 0 Å². The van der Waals surface area contributed by atoms with E-state index in [1.165, 1.54) is 0 Å². The zero-order valence-electron chi connectivity index (χ0n) is 12.2. The van der Waals surface area contributed by atoms with Gasteiger partial charge >= 0.3 is 0 Å². The predicted octanol–water partition coefficient (Wildman–Crippen LogP) is 1.49. The largest absolute Gasteiger partial charge is 0.369 e. The van der Waals surface area contributed by atoms with Gasteiger partial charge in [-0.3, -0.25) is 0 Å². The van der Waals surface area contributed by atoms with Crippen molar-refractivity contribution >= 4 is 5.82 Å². The van der Waals surface area contributed by atoms with Crippen LogP contribution in [0.4, 0.5) is 5.82 Å². The fourth-order valence-corrected chi connectivity index (χ4v) is 1.90. The molecule has 0 fully saturated rings. The number of aryl methyl sites for hydroxylation is 3. The van der Waals surface area contributed by atoms with Gasteiger partial charge in [0, 0.05) is 31.3 Å². The average molecular weight is 260 g/mol. The summed E-state index contributed by atoms with van der Waals surface area (Å²) in [5, 5.41) is 11.5. The van der Waals surface area contributed by atoms with Crippen LogP contribution in [-0.4, -0.2) is 31.3 Å². The number of hydrogen-bond donors (Lipinski definition) is 1. The molecule has 0 saturated heterocycles. The SMILES string of the molecule is Cc1nc(C)c(C)c(NCCc2nnc(C)n2C)n1. The van der Waals surface area contributed by atoms with Gasteiger partial charge in [-0.1, -0.05) is 0 Å². The van der Waals surface area contributed by atoms with Gasteiger partial charge in [0.15, 0.2) is 0 Å². The molecule has 19 heavy (non-hydrogen) atoms. The molecule has 2 aromatic rings. The van der Waals surface area contributed by atoms with Crippen LogP contribution in [0.5, 0.6) is 0 Å². The third-order valence-corrected chi connectivity index (χ3v) is 3.32. The van der Waals surface area contributed by atoms with Crippen molar-refractivity contribution in [2.45, 2.75) is 34.1 Å². The Labute approximate surface area is 113 Å². The van der Waals surface area contributed by atoms with Crippen molar-refractivity contribution in [1.82, 2.24) is 24.7 Å². The monoisotopic (exact) mass is 260 g/mol. The Bertz CT molecular complexity index is 587. The van der Waals surface area contributed by atoms with E-state index in [0.717, 1.165) is 47.5 Å². The molecule has 0 bridgehead atoms. The Morgan fingerprint density at radius 1 is 1.05 bits per heavy atom. The second-order valence-electron chi connectivity index (χ2n) is 4.73. The Balaban J connectivity index is 2.02. The maximum absolute atomic E-state index is 4.43. The summed E-state index contributed by atoms with van der Waals surface area (Å²) in [5.41, 5.74) is 2.12. The molecule has 0 unspecified atom stereocenters. The van der Waals surface area contributed by atoms with E-state index in [0.29, 0.717) is 0 Å². The molecule has 0 spiro atoms. The maximum Gasteiger partial charge on any atom is 0.134 e. The normalized spacial score (nSPS) is 10.8. The van der Waals surface area contributed by atoms with Crippen LogP contribution in [0.1, 0.15) is 28.7 Å². The third-order valence-electron chi connectivity index (χ3n) is 3.32. The number of rotatable bonds is 4. The Morgan fingerprint density at radius 2 is 1.79 bits per heavy atom. The number of anilines is 1. The van der Waals surface area contributed by atoms with Crippen LogP contribution in [0.25, 0.3) is 0 Å². The molecule has 0 aliphatic rings. The van der Waals surface area contributed by atoms with Gasteiger partial charge in [0.25, 0.3) is 0 Å². The van der Waals surface area contributed by atoms with Crippen molar-refractivity contribution in [1.29, 1.82) is 0 Å². The van der Waals surface area contributed by atoms with Crippen molar-refractivity contribution in [3.05, 3.63) is 28.7 Å². The van der Waals surface area contributed by atoms with E-state index < -0.39 is 0 Å². The first-order chi connectivity index (χ1) is 8.99. The first-order valence-corrected chi connectivity index (χ1v) is 6.39. The molecule has 0 amide bonds. The summed E-state index contributed by atoms with van der Waals surface area (Å²) in [7, 11) is 1.98. The first kappa shape index (κ1) is 13.5. The molecule has 2 aromatic heterocycles. The lowest BCUT2D eigenvalue weighted by Crippen LogP contribution is -2.12. The van der Waals surface area contributed by atoms with E-state index in [1.54, 1.807) is 0 Å². The lowest BCUT2D eigenvalue weighted by Gasteiger charge is -2.10. The van der Waals surface area contributed by atoms with E-state index >= 15 is 0 Å². The lowest BCUT2D eigenvalue weighted by atomic mass is 10.2. The molecule has 2 heterocycles. The molecule has 0 aliphatic heterocycles. The minimum Gasteiger partial charge on any atom is -0.369 e. The highest BCUT2D eigenvalue weighted by Gasteiger charge is 2.07. The highest BCUT2D eigenvalue weighted by molar-refractivity contribution is 5.45. The Kier molecular flexibility index (Phi) is 3.78. The fourth-order valence-electron chi connectivity index (χ4n) is 1.90. The Hall–Kier alpha value is -1.98. The van der Waals surface area contributed by atoms with Crippen molar-refractivity contribution in [3.8, 4) is 0 Å². The molecule has 0 radical (unpaired) electrons. The highest BCUT2D eigenvalue weighted by Crippen LogP contribution is 2.14. The minimum atomic E-state index is 0.780. The predicted molar refractivity (Wildman–Crippen MR) is 74.2 cm³/mol. The fraction of sp³-hybridized carbons (Fsp3) is 0.538. The Morgan fingerprint density at radius 3 is 2.42 bits per heavy atom. The molecule has 1 N–H and O–H groups in total. The van der Waals surface area contributed by atoms with Crippen LogP contribution >= 0.6 is 0 Å². The quantitative estimate of drug-likeness (QED) is 0.902. The second-order valence-corrected chi connectivity index (χ2v) is 4.73. The van der Waals surface area contributed by atoms with Crippen molar-refractivity contribution in [2.24, 2.45) is 7.05 Å². The van der Waals surface area contributed by atoms with Crippen molar-refractivity contribution < 1.29 is 0 Å². The van der Waals surface area contributed by atoms with Crippen LogP contribution in [0.3, 0.4) is 0 Å². The van der Waals surface area contributed by atoms with E-state index in [2.05, 4.69) is 25.5 Å². The van der Waals surface area contributed by atoms with Crippen molar-refractivity contribution in [2.75, 3.05) is 11.9 Å². The van der Waals surface area contributed by atoms with Gasteiger partial charge in [0.1, 0.15) is 23.3 Å². The second kappa shape index (κ2) is 5.34. The van der Waals surface area contributed by atoms with E-state index in [4.69, 9.17) is 0 Å². The molecule has 6 heteroatoms. The number of nitrogens with zero attached hydrogens (tertiary/aromatic N) is 5. The molecule has 0 saturated carbocycles. The van der Waals surface area contributed by atoms with E-state index in [-0.39, 0.29) is 0 Å². The third kappa shape index (κ3) is 2.89. The summed E-state index contributed by atoms with van der Waals surface area (Å²) < 4.78 is 2.00. The average Bonchev–Trinajstić information content (AvgIpc) is 2.67. The van der Waals surface area contributed by atoms with Gasteiger partial charge in [-0.2, -0.15) is 0 Å². The molecule has 0 atom stereocenters. The van der Waals surface area contributed by atoms with Gasteiger partial charge in [-0.05, 0) is 27.7 Å². The molecule has 2 rings (SSSR count). The minimum absolute atomic E-state index is 0.780. The zero-order chi connectivity index (χ0) is 14.0. The van der Waals surface area contributed by atoms with Gasteiger partial charge in [0.05, 0.1) is 0 Å². The molecule has 6 nitrogen and oxygen atoms in total. The van der Waals surface area contributed by atoms with E-state index in [1.807, 2.05) is 39.3 Å². The summed E-state index contributed by atoms with van der Waals surface area (Å²) >= 11 is 0. The topological polar surface area (TPSA) is 68.5 Å². The maximum atomic E-state index is 4.43. The van der Waals surface area contributed by atoms with Gasteiger partial charge in [-0.15, -0.1) is 10.2 Å². The molecule has 0 aromatic carbocycles. The first-order valence-electron chi connectivity index (χ1n) is 6.39.